The lowest BCUT2D eigenvalue weighted by molar-refractivity contribution is 0.371. The summed E-state index contributed by atoms with van der Waals surface area (Å²) in [4.78, 5) is 4.58. The molecule has 0 fully saturated rings. The molecule has 5 heteroatoms. The third-order valence-electron chi connectivity index (χ3n) is 3.67. The highest BCUT2D eigenvalue weighted by molar-refractivity contribution is 7.08. The van der Waals surface area contributed by atoms with E-state index in [0.717, 1.165) is 17.8 Å². The number of hydrogen-bond acceptors (Lipinski definition) is 5. The fraction of sp³-hybridized carbons (Fsp3) is 0.200. The highest BCUT2D eigenvalue weighted by Gasteiger charge is 2.28. The summed E-state index contributed by atoms with van der Waals surface area (Å²) in [6.45, 7) is 2.87. The van der Waals surface area contributed by atoms with E-state index in [1.807, 2.05) is 12.1 Å². The van der Waals surface area contributed by atoms with Crippen LogP contribution in [0.3, 0.4) is 0 Å². The van der Waals surface area contributed by atoms with Crippen molar-refractivity contribution in [3.05, 3.63) is 52.0 Å². The van der Waals surface area contributed by atoms with Crippen LogP contribution in [0.4, 0.5) is 5.69 Å². The highest BCUT2D eigenvalue weighted by atomic mass is 32.1. The van der Waals surface area contributed by atoms with Gasteiger partial charge >= 0.3 is 0 Å². The molecule has 0 amide bonds. The van der Waals surface area contributed by atoms with E-state index in [2.05, 4.69) is 45.3 Å². The number of rotatable bonds is 2. The molecule has 3 aromatic rings. The summed E-state index contributed by atoms with van der Waals surface area (Å²) < 4.78 is 5.49. The van der Waals surface area contributed by atoms with Crippen molar-refractivity contribution in [3.63, 3.8) is 0 Å². The lowest BCUT2D eigenvalue weighted by Crippen LogP contribution is -2.04. The first kappa shape index (κ1) is 11.7. The van der Waals surface area contributed by atoms with Crippen molar-refractivity contribution < 1.29 is 4.52 Å². The average Bonchev–Trinajstić information content (AvgIpc) is 3.15. The Labute approximate surface area is 120 Å². The minimum Gasteiger partial charge on any atom is -0.384 e. The molecule has 0 aliphatic carbocycles. The number of nitrogens with one attached hydrogen (secondary N) is 1. The molecule has 3 heterocycles. The number of aromatic nitrogens is 2. The Hall–Kier alpha value is -2.14. The minimum absolute atomic E-state index is 0.145. The zero-order chi connectivity index (χ0) is 13.5. The average molecular weight is 283 g/mol. The van der Waals surface area contributed by atoms with Gasteiger partial charge in [0, 0.05) is 23.2 Å². The molecule has 1 atom stereocenters. The van der Waals surface area contributed by atoms with Gasteiger partial charge in [0.25, 0.3) is 0 Å². The summed E-state index contributed by atoms with van der Waals surface area (Å²) in [6, 6.07) is 8.26. The van der Waals surface area contributed by atoms with Crippen LogP contribution in [0.2, 0.25) is 0 Å². The Morgan fingerprint density at radius 2 is 2.20 bits per heavy atom. The van der Waals surface area contributed by atoms with Crippen molar-refractivity contribution in [2.45, 2.75) is 12.8 Å². The second-order valence-corrected chi connectivity index (χ2v) is 5.69. The van der Waals surface area contributed by atoms with E-state index in [4.69, 9.17) is 4.52 Å². The molecule has 100 valence electrons. The summed E-state index contributed by atoms with van der Waals surface area (Å²) in [5.41, 5.74) is 4.63. The molecule has 2 aromatic heterocycles. The molecule has 0 saturated heterocycles. The van der Waals surface area contributed by atoms with Gasteiger partial charge in [-0.15, -0.1) is 0 Å². The normalized spacial score (nSPS) is 16.9. The molecule has 20 heavy (non-hydrogen) atoms. The number of benzene rings is 1. The van der Waals surface area contributed by atoms with E-state index in [1.54, 1.807) is 11.3 Å². The molecule has 1 aliphatic heterocycles. The van der Waals surface area contributed by atoms with Gasteiger partial charge in [0.05, 0.1) is 5.92 Å². The maximum absolute atomic E-state index is 5.49. The molecular formula is C15H13N3OS. The maximum atomic E-state index is 5.49. The number of anilines is 1. The van der Waals surface area contributed by atoms with Crippen LogP contribution in [0, 0.1) is 6.92 Å². The quantitative estimate of drug-likeness (QED) is 0.779. The molecule has 1 unspecified atom stereocenters. The van der Waals surface area contributed by atoms with Crippen molar-refractivity contribution in [1.82, 2.24) is 10.1 Å². The lowest BCUT2D eigenvalue weighted by Gasteiger charge is -2.02. The zero-order valence-corrected chi connectivity index (χ0v) is 11.8. The van der Waals surface area contributed by atoms with Gasteiger partial charge in [0.2, 0.25) is 11.7 Å². The van der Waals surface area contributed by atoms with Gasteiger partial charge in [0.1, 0.15) is 0 Å². The molecule has 0 spiro atoms. The van der Waals surface area contributed by atoms with E-state index in [-0.39, 0.29) is 5.92 Å². The minimum atomic E-state index is 0.145. The van der Waals surface area contributed by atoms with Crippen molar-refractivity contribution in [3.8, 4) is 11.4 Å². The summed E-state index contributed by atoms with van der Waals surface area (Å²) >= 11 is 1.66. The molecule has 0 saturated carbocycles. The molecule has 1 aliphatic rings. The summed E-state index contributed by atoms with van der Waals surface area (Å²) in [5.74, 6) is 1.51. The van der Waals surface area contributed by atoms with Crippen LogP contribution in [0.1, 0.15) is 22.9 Å². The van der Waals surface area contributed by atoms with Crippen LogP contribution in [0.5, 0.6) is 0 Å². The lowest BCUT2D eigenvalue weighted by atomic mass is 10.0. The summed E-state index contributed by atoms with van der Waals surface area (Å²) in [6.07, 6.45) is 0. The van der Waals surface area contributed by atoms with Crippen LogP contribution in [-0.4, -0.2) is 16.7 Å². The van der Waals surface area contributed by atoms with Crippen molar-refractivity contribution >= 4 is 17.0 Å². The van der Waals surface area contributed by atoms with Gasteiger partial charge in [-0.2, -0.15) is 16.3 Å². The molecule has 0 bridgehead atoms. The Morgan fingerprint density at radius 3 is 3.05 bits per heavy atom. The maximum Gasteiger partial charge on any atom is 0.236 e. The van der Waals surface area contributed by atoms with Gasteiger partial charge in [0.15, 0.2) is 0 Å². The predicted molar refractivity (Wildman–Crippen MR) is 79.1 cm³/mol. The summed E-state index contributed by atoms with van der Waals surface area (Å²) in [5, 5.41) is 11.7. The molecular weight excluding hydrogens is 270 g/mol. The van der Waals surface area contributed by atoms with Crippen LogP contribution in [0.15, 0.2) is 39.5 Å². The Kier molecular flexibility index (Phi) is 2.60. The fourth-order valence-corrected chi connectivity index (χ4v) is 3.41. The second kappa shape index (κ2) is 4.45. The topological polar surface area (TPSA) is 51.0 Å². The largest absolute Gasteiger partial charge is 0.384 e. The van der Waals surface area contributed by atoms with E-state index in [0.29, 0.717) is 11.7 Å². The van der Waals surface area contributed by atoms with Crippen molar-refractivity contribution in [1.29, 1.82) is 0 Å². The highest BCUT2D eigenvalue weighted by Crippen LogP contribution is 2.36. The predicted octanol–water partition coefficient (Wildman–Crippen LogP) is 3.66. The molecule has 1 N–H and O–H groups in total. The van der Waals surface area contributed by atoms with Crippen LogP contribution in [-0.2, 0) is 0 Å². The molecule has 1 aromatic carbocycles. The third-order valence-corrected chi connectivity index (χ3v) is 4.53. The standard InChI is InChI=1S/C15H13N3OS/c1-9-7-20-8-12(9)14-17-15(19-18-14)11-6-16-13-5-3-2-4-10(11)13/h2-5,7-8,11,16H,6H2,1H3. The third kappa shape index (κ3) is 1.74. The van der Waals surface area contributed by atoms with E-state index < -0.39 is 0 Å². The first-order valence-electron chi connectivity index (χ1n) is 6.52. The molecule has 0 radical (unpaired) electrons. The van der Waals surface area contributed by atoms with E-state index >= 15 is 0 Å². The van der Waals surface area contributed by atoms with Gasteiger partial charge < -0.3 is 9.84 Å². The van der Waals surface area contributed by atoms with Crippen molar-refractivity contribution in [2.75, 3.05) is 11.9 Å². The number of para-hydroxylation sites is 1. The first-order valence-corrected chi connectivity index (χ1v) is 7.47. The Balaban J connectivity index is 1.72. The van der Waals surface area contributed by atoms with Gasteiger partial charge in [-0.1, -0.05) is 23.4 Å². The number of hydrogen-bond donors (Lipinski definition) is 1. The summed E-state index contributed by atoms with van der Waals surface area (Å²) in [7, 11) is 0. The van der Waals surface area contributed by atoms with Crippen molar-refractivity contribution in [2.24, 2.45) is 0 Å². The second-order valence-electron chi connectivity index (χ2n) is 4.95. The number of fused-ring (bicyclic) bond motifs is 1. The monoisotopic (exact) mass is 283 g/mol. The smallest absolute Gasteiger partial charge is 0.236 e. The van der Waals surface area contributed by atoms with Crippen LogP contribution >= 0.6 is 11.3 Å². The van der Waals surface area contributed by atoms with Crippen LogP contribution < -0.4 is 5.32 Å². The van der Waals surface area contributed by atoms with Gasteiger partial charge in [-0.25, -0.2) is 0 Å². The van der Waals surface area contributed by atoms with E-state index in [1.165, 1.54) is 11.1 Å². The Morgan fingerprint density at radius 1 is 1.30 bits per heavy atom. The Bertz CT molecular complexity index is 762. The first-order chi connectivity index (χ1) is 9.83. The molecule has 4 rings (SSSR count). The number of aryl methyl sites for hydroxylation is 1. The SMILES string of the molecule is Cc1cscc1-c1noc(C2CNc3ccccc32)n1. The van der Waals surface area contributed by atoms with Crippen LogP contribution in [0.25, 0.3) is 11.4 Å². The zero-order valence-electron chi connectivity index (χ0n) is 11.0. The van der Waals surface area contributed by atoms with E-state index in [9.17, 15) is 0 Å². The van der Waals surface area contributed by atoms with Gasteiger partial charge in [-0.05, 0) is 29.5 Å². The number of thiophene rings is 1. The number of nitrogens with zero attached hydrogens (tertiary/aromatic N) is 2. The van der Waals surface area contributed by atoms with Gasteiger partial charge in [-0.3, -0.25) is 0 Å². The molecule has 4 nitrogen and oxygen atoms in total. The fourth-order valence-electron chi connectivity index (χ4n) is 2.58.